The summed E-state index contributed by atoms with van der Waals surface area (Å²) in [5, 5.41) is -0.402. The van der Waals surface area contributed by atoms with Gasteiger partial charge in [-0.25, -0.2) is 4.79 Å². The van der Waals surface area contributed by atoms with Crippen LogP contribution in [0.4, 0.5) is 4.79 Å². The van der Waals surface area contributed by atoms with Crippen molar-refractivity contribution < 1.29 is 28.3 Å². The van der Waals surface area contributed by atoms with Gasteiger partial charge in [-0.2, -0.15) is 0 Å². The minimum absolute atomic E-state index is 0.0136. The molecule has 1 aliphatic rings. The van der Waals surface area contributed by atoms with E-state index in [2.05, 4.69) is 10.8 Å². The summed E-state index contributed by atoms with van der Waals surface area (Å²) >= 11 is 0.861. The molecule has 2 heterocycles. The van der Waals surface area contributed by atoms with Gasteiger partial charge in [0.15, 0.2) is 0 Å². The van der Waals surface area contributed by atoms with Gasteiger partial charge in [0.05, 0.1) is 18.6 Å². The molecule has 2 aromatic carbocycles. The van der Waals surface area contributed by atoms with E-state index < -0.39 is 17.1 Å². The van der Waals surface area contributed by atoms with E-state index >= 15 is 0 Å². The van der Waals surface area contributed by atoms with Crippen LogP contribution in [0.25, 0.3) is 6.08 Å². The lowest BCUT2D eigenvalue weighted by Gasteiger charge is -2.10. The molecule has 168 valence electrons. The van der Waals surface area contributed by atoms with Crippen LogP contribution in [0, 0.1) is 6.92 Å². The molecule has 1 aromatic heterocycles. The van der Waals surface area contributed by atoms with Gasteiger partial charge in [0.2, 0.25) is 5.76 Å². The number of methoxy groups -OCH3 is 1. The first-order valence-electron chi connectivity index (χ1n) is 10.1. The summed E-state index contributed by atoms with van der Waals surface area (Å²) in [5.41, 5.74) is 3.04. The van der Waals surface area contributed by atoms with Gasteiger partial charge in [-0.3, -0.25) is 14.5 Å². The van der Waals surface area contributed by atoms with Crippen LogP contribution in [0.1, 0.15) is 33.0 Å². The lowest BCUT2D eigenvalue weighted by molar-refractivity contribution is -0.123. The van der Waals surface area contributed by atoms with Crippen molar-refractivity contribution in [1.82, 2.24) is 4.90 Å². The molecule has 0 aliphatic carbocycles. The second kappa shape index (κ2) is 9.79. The zero-order valence-corrected chi connectivity index (χ0v) is 18.9. The summed E-state index contributed by atoms with van der Waals surface area (Å²) in [6.45, 7) is 2.43. The summed E-state index contributed by atoms with van der Waals surface area (Å²) < 4.78 is 15.8. The summed E-state index contributed by atoms with van der Waals surface area (Å²) in [7, 11) is 1.24. The predicted octanol–water partition coefficient (Wildman–Crippen LogP) is 5.19. The number of hydrogen-bond donors (Lipinski definition) is 0. The molecule has 3 aromatic rings. The number of imide groups is 1. The Balaban J connectivity index is 1.39. The highest BCUT2D eigenvalue weighted by Crippen LogP contribution is 2.33. The highest BCUT2D eigenvalue weighted by atomic mass is 32.2. The van der Waals surface area contributed by atoms with Gasteiger partial charge < -0.3 is 13.9 Å². The van der Waals surface area contributed by atoms with E-state index in [-0.39, 0.29) is 12.3 Å². The van der Waals surface area contributed by atoms with Crippen LogP contribution in [0.15, 0.2) is 70.0 Å². The first-order chi connectivity index (χ1) is 15.9. The fourth-order valence-electron chi connectivity index (χ4n) is 3.25. The fourth-order valence-corrected chi connectivity index (χ4v) is 4.08. The largest absolute Gasteiger partial charge is 0.489 e. The molecule has 8 heteroatoms. The number of amides is 2. The number of carbonyl (C=O) groups excluding carboxylic acids is 3. The number of rotatable bonds is 7. The normalized spacial score (nSPS) is 14.7. The SMILES string of the molecule is COC(=O)c1ccc(CN2C(=O)S/C(=C/c3ccc(OCc4cccc(C)c4)cc3)C2=O)o1. The standard InChI is InChI=1S/C25H21NO6S/c1-16-4-3-5-18(12-16)15-31-19-8-6-17(7-9-19)13-22-23(27)26(25(29)33-22)14-20-10-11-21(32-20)24(28)30-2/h3-13H,14-15H2,1-2H3/b22-13+. The number of benzene rings is 2. The molecule has 1 fully saturated rings. The van der Waals surface area contributed by atoms with Crippen molar-refractivity contribution in [2.24, 2.45) is 0 Å². The Bertz CT molecular complexity index is 1230. The van der Waals surface area contributed by atoms with Gasteiger partial charge in [-0.15, -0.1) is 0 Å². The maximum Gasteiger partial charge on any atom is 0.373 e. The lowest BCUT2D eigenvalue weighted by Crippen LogP contribution is -2.27. The number of thioether (sulfide) groups is 1. The van der Waals surface area contributed by atoms with Crippen molar-refractivity contribution in [3.63, 3.8) is 0 Å². The molecule has 1 aliphatic heterocycles. The highest BCUT2D eigenvalue weighted by Gasteiger charge is 2.35. The zero-order chi connectivity index (χ0) is 23.4. The van der Waals surface area contributed by atoms with Gasteiger partial charge in [0, 0.05) is 0 Å². The maximum atomic E-state index is 12.7. The Hall–Kier alpha value is -3.78. The average Bonchev–Trinajstić information content (AvgIpc) is 3.39. The van der Waals surface area contributed by atoms with E-state index in [9.17, 15) is 14.4 Å². The molecule has 0 atom stereocenters. The van der Waals surface area contributed by atoms with E-state index in [0.29, 0.717) is 23.0 Å². The minimum Gasteiger partial charge on any atom is -0.489 e. The maximum absolute atomic E-state index is 12.7. The summed E-state index contributed by atoms with van der Waals surface area (Å²) in [6.07, 6.45) is 1.66. The first kappa shape index (κ1) is 22.4. The Morgan fingerprint density at radius 1 is 1.09 bits per heavy atom. The topological polar surface area (TPSA) is 86.0 Å². The number of ether oxygens (including phenoxy) is 2. The Morgan fingerprint density at radius 2 is 1.88 bits per heavy atom. The number of aryl methyl sites for hydroxylation is 1. The van der Waals surface area contributed by atoms with Gasteiger partial charge in [0.1, 0.15) is 18.1 Å². The van der Waals surface area contributed by atoms with Crippen molar-refractivity contribution in [2.45, 2.75) is 20.1 Å². The Labute approximate surface area is 195 Å². The molecule has 33 heavy (non-hydrogen) atoms. The van der Waals surface area contributed by atoms with E-state index in [4.69, 9.17) is 9.15 Å². The van der Waals surface area contributed by atoms with Crippen LogP contribution in [0.2, 0.25) is 0 Å². The van der Waals surface area contributed by atoms with Crippen LogP contribution >= 0.6 is 11.8 Å². The summed E-state index contributed by atoms with van der Waals surface area (Å²) in [4.78, 5) is 38.0. The Kier molecular flexibility index (Phi) is 6.65. The molecule has 0 saturated carbocycles. The van der Waals surface area contributed by atoms with Gasteiger partial charge in [-0.05, 0) is 60.2 Å². The van der Waals surface area contributed by atoms with Crippen molar-refractivity contribution in [3.8, 4) is 5.75 Å². The van der Waals surface area contributed by atoms with E-state index in [1.807, 2.05) is 49.4 Å². The second-order valence-electron chi connectivity index (χ2n) is 7.37. The van der Waals surface area contributed by atoms with Crippen molar-refractivity contribution in [1.29, 1.82) is 0 Å². The van der Waals surface area contributed by atoms with Crippen LogP contribution in [-0.2, 0) is 22.7 Å². The zero-order valence-electron chi connectivity index (χ0n) is 18.1. The average molecular weight is 464 g/mol. The minimum atomic E-state index is -0.624. The monoisotopic (exact) mass is 463 g/mol. The quantitative estimate of drug-likeness (QED) is 0.352. The highest BCUT2D eigenvalue weighted by molar-refractivity contribution is 8.18. The molecule has 0 radical (unpaired) electrons. The smallest absolute Gasteiger partial charge is 0.373 e. The molecule has 7 nitrogen and oxygen atoms in total. The first-order valence-corrected chi connectivity index (χ1v) is 11.0. The molecular weight excluding hydrogens is 442 g/mol. The van der Waals surface area contributed by atoms with Gasteiger partial charge >= 0.3 is 5.97 Å². The Morgan fingerprint density at radius 3 is 2.61 bits per heavy atom. The number of esters is 1. The predicted molar refractivity (Wildman–Crippen MR) is 124 cm³/mol. The second-order valence-corrected chi connectivity index (χ2v) is 8.37. The summed E-state index contributed by atoms with van der Waals surface area (Å²) in [5.74, 6) is -0.00263. The van der Waals surface area contributed by atoms with Crippen molar-refractivity contribution in [3.05, 3.63) is 93.8 Å². The number of carbonyl (C=O) groups is 3. The molecule has 0 N–H and O–H groups in total. The van der Waals surface area contributed by atoms with Crippen molar-refractivity contribution >= 4 is 35.0 Å². The third kappa shape index (κ3) is 5.35. The van der Waals surface area contributed by atoms with Crippen LogP contribution in [0.5, 0.6) is 5.75 Å². The molecule has 0 bridgehead atoms. The van der Waals surface area contributed by atoms with E-state index in [1.165, 1.54) is 24.8 Å². The van der Waals surface area contributed by atoms with Crippen molar-refractivity contribution in [2.75, 3.05) is 7.11 Å². The van der Waals surface area contributed by atoms with Crippen LogP contribution in [0.3, 0.4) is 0 Å². The van der Waals surface area contributed by atoms with Crippen LogP contribution in [-0.4, -0.2) is 29.1 Å². The number of hydrogen-bond acceptors (Lipinski definition) is 7. The van der Waals surface area contributed by atoms with E-state index in [1.54, 1.807) is 6.08 Å². The van der Waals surface area contributed by atoms with Gasteiger partial charge in [-0.1, -0.05) is 42.0 Å². The number of nitrogens with zero attached hydrogens (tertiary/aromatic N) is 1. The van der Waals surface area contributed by atoms with E-state index in [0.717, 1.165) is 27.8 Å². The summed E-state index contributed by atoms with van der Waals surface area (Å²) in [6, 6.07) is 18.4. The van der Waals surface area contributed by atoms with Crippen LogP contribution < -0.4 is 4.74 Å². The fraction of sp³-hybridized carbons (Fsp3) is 0.160. The lowest BCUT2D eigenvalue weighted by atomic mass is 10.1. The number of furan rings is 1. The molecule has 0 unspecified atom stereocenters. The molecule has 4 rings (SSSR count). The van der Waals surface area contributed by atoms with Gasteiger partial charge in [0.25, 0.3) is 11.1 Å². The molecule has 1 saturated heterocycles. The molecule has 0 spiro atoms. The third-order valence-corrected chi connectivity index (χ3v) is 5.81. The third-order valence-electron chi connectivity index (χ3n) is 4.90. The molecule has 2 amide bonds. The molecular formula is C25H21NO6S.